The van der Waals surface area contributed by atoms with Crippen molar-refractivity contribution in [1.29, 1.82) is 0 Å². The Morgan fingerprint density at radius 1 is 1.00 bits per heavy atom. The lowest BCUT2D eigenvalue weighted by Crippen LogP contribution is -2.32. The van der Waals surface area contributed by atoms with Gasteiger partial charge in [0.2, 0.25) is 0 Å². The van der Waals surface area contributed by atoms with Crippen molar-refractivity contribution in [1.82, 2.24) is 0 Å². The number of benzene rings is 2. The molecule has 0 unspecified atom stereocenters. The number of rotatable bonds is 5. The molecule has 0 aliphatic heterocycles. The normalized spacial score (nSPS) is 10.4. The summed E-state index contributed by atoms with van der Waals surface area (Å²) in [5, 5.41) is 0. The van der Waals surface area contributed by atoms with Gasteiger partial charge in [0, 0.05) is 17.8 Å². The first kappa shape index (κ1) is 15.3. The molecule has 0 aliphatic rings. The van der Waals surface area contributed by atoms with Crippen LogP contribution in [0.2, 0.25) is 0 Å². The third-order valence-electron chi connectivity index (χ3n) is 3.52. The number of unbranched alkanes of at least 4 members (excludes halogenated alkanes) is 1. The smallest absolute Gasteiger partial charge is 0.258 e. The summed E-state index contributed by atoms with van der Waals surface area (Å²) >= 11 is 0. The van der Waals surface area contributed by atoms with E-state index >= 15 is 0 Å². The van der Waals surface area contributed by atoms with E-state index in [4.69, 9.17) is 0 Å². The molecule has 0 atom stereocenters. The number of amides is 1. The second-order valence-electron chi connectivity index (χ2n) is 5.52. The fourth-order valence-corrected chi connectivity index (χ4v) is 2.53. The van der Waals surface area contributed by atoms with E-state index in [0.717, 1.165) is 41.8 Å². The monoisotopic (exact) mass is 281 g/mol. The highest BCUT2D eigenvalue weighted by atomic mass is 16.2. The maximum absolute atomic E-state index is 12.9. The van der Waals surface area contributed by atoms with Crippen LogP contribution in [0.25, 0.3) is 0 Å². The number of carbonyl (C=O) groups is 1. The lowest BCUT2D eigenvalue weighted by atomic mass is 10.1. The number of para-hydroxylation sites is 1. The Balaban J connectivity index is 2.33. The van der Waals surface area contributed by atoms with Crippen LogP contribution in [-0.4, -0.2) is 12.5 Å². The maximum Gasteiger partial charge on any atom is 0.258 e. The van der Waals surface area contributed by atoms with Crippen molar-refractivity contribution in [2.24, 2.45) is 0 Å². The first-order chi connectivity index (χ1) is 10.1. The Hall–Kier alpha value is -2.09. The Morgan fingerprint density at radius 2 is 1.62 bits per heavy atom. The zero-order chi connectivity index (χ0) is 15.2. The van der Waals surface area contributed by atoms with Crippen LogP contribution in [0, 0.1) is 13.8 Å². The van der Waals surface area contributed by atoms with Crippen LogP contribution in [0.15, 0.2) is 48.5 Å². The number of nitrogens with zero attached hydrogens (tertiary/aromatic N) is 1. The molecule has 0 heterocycles. The SMILES string of the molecule is CCCCN(C(=O)c1cc(C)cc(C)c1)c1ccccc1. The Morgan fingerprint density at radius 3 is 2.19 bits per heavy atom. The highest BCUT2D eigenvalue weighted by Crippen LogP contribution is 2.19. The molecule has 0 fully saturated rings. The number of aryl methyl sites for hydroxylation is 2. The Kier molecular flexibility index (Phi) is 5.15. The summed E-state index contributed by atoms with van der Waals surface area (Å²) in [4.78, 5) is 14.8. The summed E-state index contributed by atoms with van der Waals surface area (Å²) in [6.07, 6.45) is 2.08. The van der Waals surface area contributed by atoms with E-state index in [1.54, 1.807) is 0 Å². The Labute approximate surface area is 127 Å². The van der Waals surface area contributed by atoms with Gasteiger partial charge in [0.15, 0.2) is 0 Å². The summed E-state index contributed by atoms with van der Waals surface area (Å²) in [6.45, 7) is 6.96. The van der Waals surface area contributed by atoms with E-state index < -0.39 is 0 Å². The van der Waals surface area contributed by atoms with Crippen LogP contribution < -0.4 is 4.90 Å². The largest absolute Gasteiger partial charge is 0.308 e. The van der Waals surface area contributed by atoms with Gasteiger partial charge >= 0.3 is 0 Å². The average Bonchev–Trinajstić information content (AvgIpc) is 2.47. The van der Waals surface area contributed by atoms with Gasteiger partial charge in [-0.1, -0.05) is 48.7 Å². The van der Waals surface area contributed by atoms with E-state index in [2.05, 4.69) is 13.0 Å². The number of hydrogen-bond donors (Lipinski definition) is 0. The molecule has 0 N–H and O–H groups in total. The van der Waals surface area contributed by atoms with Gasteiger partial charge in [-0.05, 0) is 44.5 Å². The zero-order valence-corrected chi connectivity index (χ0v) is 13.1. The third-order valence-corrected chi connectivity index (χ3v) is 3.52. The second kappa shape index (κ2) is 7.07. The van der Waals surface area contributed by atoms with Crippen LogP contribution in [0.5, 0.6) is 0 Å². The molecule has 0 aliphatic carbocycles. The molecule has 2 aromatic carbocycles. The van der Waals surface area contributed by atoms with Crippen molar-refractivity contribution in [3.8, 4) is 0 Å². The molecule has 1 amide bonds. The molecule has 0 spiro atoms. The molecule has 110 valence electrons. The van der Waals surface area contributed by atoms with E-state index in [1.165, 1.54) is 0 Å². The summed E-state index contributed by atoms with van der Waals surface area (Å²) < 4.78 is 0. The minimum atomic E-state index is 0.0847. The van der Waals surface area contributed by atoms with Crippen molar-refractivity contribution in [3.05, 3.63) is 65.2 Å². The summed E-state index contributed by atoms with van der Waals surface area (Å²) in [5.74, 6) is 0.0847. The minimum Gasteiger partial charge on any atom is -0.308 e. The highest BCUT2D eigenvalue weighted by molar-refractivity contribution is 6.06. The standard InChI is InChI=1S/C19H23NO/c1-4-5-11-20(18-9-7-6-8-10-18)19(21)17-13-15(2)12-16(3)14-17/h6-10,12-14H,4-5,11H2,1-3H3. The van der Waals surface area contributed by atoms with Gasteiger partial charge in [-0.2, -0.15) is 0 Å². The summed E-state index contributed by atoms with van der Waals surface area (Å²) in [5.41, 5.74) is 3.99. The summed E-state index contributed by atoms with van der Waals surface area (Å²) in [7, 11) is 0. The minimum absolute atomic E-state index is 0.0847. The van der Waals surface area contributed by atoms with Crippen LogP contribution >= 0.6 is 0 Å². The van der Waals surface area contributed by atoms with E-state index in [-0.39, 0.29) is 5.91 Å². The van der Waals surface area contributed by atoms with Crippen LogP contribution in [-0.2, 0) is 0 Å². The van der Waals surface area contributed by atoms with Gasteiger partial charge in [-0.25, -0.2) is 0 Å². The van der Waals surface area contributed by atoms with Crippen molar-refractivity contribution in [2.75, 3.05) is 11.4 Å². The number of carbonyl (C=O) groups excluding carboxylic acids is 1. The van der Waals surface area contributed by atoms with E-state index in [9.17, 15) is 4.79 Å². The molecular weight excluding hydrogens is 258 g/mol. The average molecular weight is 281 g/mol. The lowest BCUT2D eigenvalue weighted by Gasteiger charge is -2.23. The van der Waals surface area contributed by atoms with E-state index in [1.807, 2.05) is 61.2 Å². The first-order valence-corrected chi connectivity index (χ1v) is 7.57. The van der Waals surface area contributed by atoms with Crippen molar-refractivity contribution in [3.63, 3.8) is 0 Å². The lowest BCUT2D eigenvalue weighted by molar-refractivity contribution is 0.0986. The first-order valence-electron chi connectivity index (χ1n) is 7.57. The molecular formula is C19H23NO. The molecule has 0 radical (unpaired) electrons. The fraction of sp³-hybridized carbons (Fsp3) is 0.316. The molecule has 0 bridgehead atoms. The molecule has 0 saturated heterocycles. The predicted molar refractivity (Wildman–Crippen MR) is 88.9 cm³/mol. The topological polar surface area (TPSA) is 20.3 Å². The summed E-state index contributed by atoms with van der Waals surface area (Å²) in [6, 6.07) is 15.9. The van der Waals surface area contributed by atoms with Crippen LogP contribution in [0.4, 0.5) is 5.69 Å². The molecule has 2 aromatic rings. The number of anilines is 1. The van der Waals surface area contributed by atoms with Gasteiger partial charge < -0.3 is 4.90 Å². The maximum atomic E-state index is 12.9. The Bertz CT molecular complexity index is 584. The van der Waals surface area contributed by atoms with Crippen molar-refractivity contribution in [2.45, 2.75) is 33.6 Å². The molecule has 21 heavy (non-hydrogen) atoms. The predicted octanol–water partition coefficient (Wildman–Crippen LogP) is 4.75. The molecule has 0 saturated carbocycles. The molecule has 2 heteroatoms. The van der Waals surface area contributed by atoms with Crippen molar-refractivity contribution >= 4 is 11.6 Å². The van der Waals surface area contributed by atoms with E-state index in [0.29, 0.717) is 0 Å². The van der Waals surface area contributed by atoms with Gasteiger partial charge in [0.05, 0.1) is 0 Å². The number of hydrogen-bond acceptors (Lipinski definition) is 1. The van der Waals surface area contributed by atoms with Gasteiger partial charge in [-0.15, -0.1) is 0 Å². The van der Waals surface area contributed by atoms with Gasteiger partial charge in [0.25, 0.3) is 5.91 Å². The molecule has 2 rings (SSSR count). The van der Waals surface area contributed by atoms with Gasteiger partial charge in [0.1, 0.15) is 0 Å². The quantitative estimate of drug-likeness (QED) is 0.774. The van der Waals surface area contributed by atoms with Crippen LogP contribution in [0.3, 0.4) is 0 Å². The second-order valence-corrected chi connectivity index (χ2v) is 5.52. The molecule has 0 aromatic heterocycles. The zero-order valence-electron chi connectivity index (χ0n) is 13.1. The van der Waals surface area contributed by atoms with Gasteiger partial charge in [-0.3, -0.25) is 4.79 Å². The van der Waals surface area contributed by atoms with Crippen molar-refractivity contribution < 1.29 is 4.79 Å². The highest BCUT2D eigenvalue weighted by Gasteiger charge is 2.17. The van der Waals surface area contributed by atoms with Crippen LogP contribution in [0.1, 0.15) is 41.3 Å². The fourth-order valence-electron chi connectivity index (χ4n) is 2.53. The third kappa shape index (κ3) is 3.94. The molecule has 2 nitrogen and oxygen atoms in total.